The molecule has 0 spiro atoms. The highest BCUT2D eigenvalue weighted by molar-refractivity contribution is 6.68. The minimum absolute atomic E-state index is 0.116. The zero-order valence-electron chi connectivity index (χ0n) is 29.4. The first-order chi connectivity index (χ1) is 26.9. The highest BCUT2D eigenvalue weighted by Gasteiger charge is 2.20. The lowest BCUT2D eigenvalue weighted by atomic mass is 9.60. The number of aromatic nitrogens is 4. The van der Waals surface area contributed by atoms with Crippen LogP contribution in [-0.2, 0) is 0 Å². The maximum Gasteiger partial charge on any atom is 0.164 e. The molecule has 10 heteroatoms. The van der Waals surface area contributed by atoms with E-state index in [9.17, 15) is 0 Å². The fourth-order valence-corrected chi connectivity index (χ4v) is 7.62. The predicted molar refractivity (Wildman–Crippen MR) is 230 cm³/mol. The van der Waals surface area contributed by atoms with Crippen molar-refractivity contribution in [2.24, 2.45) is 0 Å². The summed E-state index contributed by atoms with van der Waals surface area (Å²) < 4.78 is 8.87. The van der Waals surface area contributed by atoms with E-state index in [1.165, 1.54) is 10.8 Å². The van der Waals surface area contributed by atoms with Crippen LogP contribution in [0.4, 0.5) is 0 Å². The second-order valence-corrected chi connectivity index (χ2v) is 13.5. The molecule has 0 bridgehead atoms. The minimum atomic E-state index is 0.116. The van der Waals surface area contributed by atoms with Crippen LogP contribution in [0.2, 0.25) is 0 Å². The monoisotopic (exact) mass is 690 g/mol. The van der Waals surface area contributed by atoms with Gasteiger partial charge in [-0.1, -0.05) is 102 Å². The number of nitrogens with zero attached hydrogens (tertiary/aromatic N) is 4. The third-order valence-corrected chi connectivity index (χ3v) is 10.3. The van der Waals surface area contributed by atoms with Gasteiger partial charge < -0.3 is 8.98 Å². The lowest BCUT2D eigenvalue weighted by Gasteiger charge is -2.20. The van der Waals surface area contributed by atoms with E-state index in [4.69, 9.17) is 58.6 Å². The van der Waals surface area contributed by atoms with Crippen LogP contribution in [0, 0.1) is 0 Å². The van der Waals surface area contributed by atoms with Gasteiger partial charge in [0.1, 0.15) is 50.4 Å². The van der Waals surface area contributed by atoms with E-state index in [2.05, 4.69) is 77.4 Å². The summed E-state index contributed by atoms with van der Waals surface area (Å²) in [5, 5.41) is 4.35. The molecule has 10 aromatic rings. The Labute approximate surface area is 323 Å². The predicted octanol–water partition coefficient (Wildman–Crippen LogP) is 5.51. The summed E-state index contributed by atoms with van der Waals surface area (Å²) in [6.45, 7) is 0. The van der Waals surface area contributed by atoms with Crippen LogP contribution < -0.4 is 27.3 Å². The molecule has 0 aliphatic carbocycles. The smallest absolute Gasteiger partial charge is 0.164 e. The van der Waals surface area contributed by atoms with Crippen LogP contribution in [0.5, 0.6) is 0 Å². The lowest BCUT2D eigenvalue weighted by Crippen LogP contribution is -2.55. The normalized spacial score (nSPS) is 11.6. The van der Waals surface area contributed by atoms with Crippen LogP contribution in [0.3, 0.4) is 0 Å². The molecule has 0 N–H and O–H groups in total. The van der Waals surface area contributed by atoms with Gasteiger partial charge in [-0.05, 0) is 59.7 Å². The topological polar surface area (TPSA) is 56.7 Å². The highest BCUT2D eigenvalue weighted by atomic mass is 16.3. The molecule has 55 heavy (non-hydrogen) atoms. The van der Waals surface area contributed by atoms with E-state index in [1.807, 2.05) is 66.7 Å². The summed E-state index contributed by atoms with van der Waals surface area (Å²) in [6, 6.07) is 47.4. The first kappa shape index (κ1) is 33.1. The molecule has 244 valence electrons. The fourth-order valence-electron chi connectivity index (χ4n) is 7.62. The Morgan fingerprint density at radius 1 is 0.418 bits per heavy atom. The molecule has 7 aromatic carbocycles. The van der Waals surface area contributed by atoms with Gasteiger partial charge >= 0.3 is 0 Å². The number of rotatable bonds is 5. The molecule has 3 heterocycles. The summed E-state index contributed by atoms with van der Waals surface area (Å²) in [6.07, 6.45) is 0. The molecule has 0 aliphatic heterocycles. The van der Waals surface area contributed by atoms with Crippen molar-refractivity contribution in [3.8, 4) is 51.0 Å². The quantitative estimate of drug-likeness (QED) is 0.224. The molecule has 0 unspecified atom stereocenters. The SMILES string of the molecule is [B]c1c([B])c([B])c(-c2nc(-c3ccccc3)nc(-c3ccc4c(c3)oc3cccc(-c5ccc6c(c5)c5ccccc5n6-c5ccccc5)c34)n2)c([B])c1[B]. The van der Waals surface area contributed by atoms with Crippen LogP contribution in [-0.4, -0.2) is 58.8 Å². The van der Waals surface area contributed by atoms with E-state index in [0.29, 0.717) is 28.4 Å². The van der Waals surface area contributed by atoms with Crippen molar-refractivity contribution < 1.29 is 4.42 Å². The standard InChI is InChI=1S/C45H23B5N4O/c46-38-37(39(47)41(49)42(50)40(38)48)45-52-43(24-10-3-1-4-11-24)51-44(53-45)26-18-20-30-35(23-26)55-34-17-9-15-28(36(30)34)25-19-21-33-31(22-25)29-14-7-8-16-32(29)54(33)27-12-5-2-6-13-27/h1-23H. The van der Waals surface area contributed by atoms with Gasteiger partial charge in [-0.25, -0.2) is 15.0 Å². The molecule has 0 saturated carbocycles. The maximum atomic E-state index is 6.55. The average Bonchev–Trinajstić information content (AvgIpc) is 3.78. The first-order valence-electron chi connectivity index (χ1n) is 17.7. The van der Waals surface area contributed by atoms with Crippen molar-refractivity contribution in [3.05, 3.63) is 140 Å². The molecule has 5 nitrogen and oxygen atoms in total. The molecule has 0 saturated heterocycles. The minimum Gasteiger partial charge on any atom is -0.456 e. The highest BCUT2D eigenvalue weighted by Crippen LogP contribution is 2.40. The van der Waals surface area contributed by atoms with Gasteiger partial charge in [0.2, 0.25) is 0 Å². The maximum absolute atomic E-state index is 6.55. The van der Waals surface area contributed by atoms with E-state index in [0.717, 1.165) is 49.8 Å². The third kappa shape index (κ3) is 5.27. The van der Waals surface area contributed by atoms with Gasteiger partial charge in [0, 0.05) is 43.9 Å². The molecule has 0 fully saturated rings. The summed E-state index contributed by atoms with van der Waals surface area (Å²) in [7, 11) is 31.5. The summed E-state index contributed by atoms with van der Waals surface area (Å²) in [5.74, 6) is 1.03. The fraction of sp³-hybridized carbons (Fsp3) is 0. The Morgan fingerprint density at radius 3 is 1.80 bits per heavy atom. The second-order valence-electron chi connectivity index (χ2n) is 13.5. The van der Waals surface area contributed by atoms with Crippen LogP contribution >= 0.6 is 0 Å². The van der Waals surface area contributed by atoms with Crippen molar-refractivity contribution in [2.75, 3.05) is 0 Å². The van der Waals surface area contributed by atoms with Gasteiger partial charge in [0.25, 0.3) is 0 Å². The molecule has 10 rings (SSSR count). The molecular weight excluding hydrogens is 667 g/mol. The summed E-state index contributed by atoms with van der Waals surface area (Å²) in [5.41, 5.74) is 9.45. The van der Waals surface area contributed by atoms with Crippen LogP contribution in [0.25, 0.3) is 94.7 Å². The molecule has 0 amide bonds. The van der Waals surface area contributed by atoms with Gasteiger partial charge in [-0.3, -0.25) is 0 Å². The second kappa shape index (κ2) is 12.8. The molecular formula is C45H23B5N4O. The number of furan rings is 1. The van der Waals surface area contributed by atoms with Crippen LogP contribution in [0.15, 0.2) is 144 Å². The van der Waals surface area contributed by atoms with Crippen LogP contribution in [0.1, 0.15) is 0 Å². The van der Waals surface area contributed by atoms with E-state index in [1.54, 1.807) is 0 Å². The molecule has 3 aromatic heterocycles. The first-order valence-corrected chi connectivity index (χ1v) is 17.7. The van der Waals surface area contributed by atoms with Gasteiger partial charge in [-0.15, -0.1) is 16.4 Å². The van der Waals surface area contributed by atoms with Crippen molar-refractivity contribution in [1.29, 1.82) is 0 Å². The zero-order valence-corrected chi connectivity index (χ0v) is 29.4. The molecule has 0 atom stereocenters. The lowest BCUT2D eigenvalue weighted by molar-refractivity contribution is 0.669. The van der Waals surface area contributed by atoms with E-state index >= 15 is 0 Å². The Bertz CT molecular complexity index is 3130. The van der Waals surface area contributed by atoms with Crippen molar-refractivity contribution in [3.63, 3.8) is 0 Å². The van der Waals surface area contributed by atoms with E-state index in [-0.39, 0.29) is 33.1 Å². The summed E-state index contributed by atoms with van der Waals surface area (Å²) >= 11 is 0. The van der Waals surface area contributed by atoms with Crippen molar-refractivity contribution in [1.82, 2.24) is 19.5 Å². The van der Waals surface area contributed by atoms with Gasteiger partial charge in [-0.2, -0.15) is 0 Å². The number of hydrogen-bond donors (Lipinski definition) is 0. The molecule has 0 aliphatic rings. The van der Waals surface area contributed by atoms with Crippen molar-refractivity contribution >= 4 is 110 Å². The number of hydrogen-bond acceptors (Lipinski definition) is 4. The Balaban J connectivity index is 1.14. The number of para-hydroxylation sites is 2. The Morgan fingerprint density at radius 2 is 1.04 bits per heavy atom. The average molecular weight is 690 g/mol. The van der Waals surface area contributed by atoms with E-state index < -0.39 is 0 Å². The largest absolute Gasteiger partial charge is 0.456 e. The number of benzene rings is 7. The Kier molecular flexibility index (Phi) is 7.70. The zero-order chi connectivity index (χ0) is 37.4. The molecule has 10 radical (unpaired) electrons. The third-order valence-electron chi connectivity index (χ3n) is 10.3. The van der Waals surface area contributed by atoms with Gasteiger partial charge in [0.15, 0.2) is 17.5 Å². The van der Waals surface area contributed by atoms with Crippen molar-refractivity contribution in [2.45, 2.75) is 0 Å². The Hall–Kier alpha value is -6.53. The number of fused-ring (bicyclic) bond motifs is 6. The van der Waals surface area contributed by atoms with Gasteiger partial charge in [0.05, 0.1) is 11.0 Å². The summed E-state index contributed by atoms with van der Waals surface area (Å²) in [4.78, 5) is 14.5.